The zero-order valence-electron chi connectivity index (χ0n) is 18.2. The van der Waals surface area contributed by atoms with Gasteiger partial charge in [-0.3, -0.25) is 4.79 Å². The molecular weight excluding hydrogens is 441 g/mol. The lowest BCUT2D eigenvalue weighted by Gasteiger charge is -2.30. The molecule has 0 spiro atoms. The van der Waals surface area contributed by atoms with Crippen molar-refractivity contribution in [2.24, 2.45) is 5.92 Å². The van der Waals surface area contributed by atoms with Gasteiger partial charge in [-0.05, 0) is 54.8 Å². The number of carbonyl (C=O) groups is 1. The maximum absolute atomic E-state index is 13.2. The molecule has 2 aromatic carbocycles. The lowest BCUT2D eigenvalue weighted by Crippen LogP contribution is -2.40. The number of hydrogen-bond acceptors (Lipinski definition) is 6. The molecule has 1 aliphatic rings. The summed E-state index contributed by atoms with van der Waals surface area (Å²) in [7, 11) is 1.64. The molecule has 1 amide bonds. The molecule has 1 fully saturated rings. The van der Waals surface area contributed by atoms with E-state index in [2.05, 4.69) is 20.3 Å². The Morgan fingerprint density at radius 3 is 2.55 bits per heavy atom. The summed E-state index contributed by atoms with van der Waals surface area (Å²) in [5, 5.41) is 8.63. The van der Waals surface area contributed by atoms with Crippen molar-refractivity contribution in [3.05, 3.63) is 66.1 Å². The maximum Gasteiger partial charge on any atom is 0.223 e. The van der Waals surface area contributed by atoms with Crippen molar-refractivity contribution in [1.29, 1.82) is 0 Å². The third-order valence-electron chi connectivity index (χ3n) is 5.93. The van der Waals surface area contributed by atoms with E-state index in [9.17, 15) is 9.18 Å². The van der Waals surface area contributed by atoms with Crippen molar-refractivity contribution in [3.63, 3.8) is 0 Å². The Labute approximate surface area is 194 Å². The number of amides is 1. The van der Waals surface area contributed by atoms with Crippen molar-refractivity contribution in [2.45, 2.75) is 19.4 Å². The number of methoxy groups -OCH3 is 1. The number of fused-ring (bicyclic) bond motifs is 1. The monoisotopic (exact) mass is 465 g/mol. The summed E-state index contributed by atoms with van der Waals surface area (Å²) in [5.41, 5.74) is 2.68. The van der Waals surface area contributed by atoms with Crippen LogP contribution in [0.15, 0.2) is 54.7 Å². The molecule has 0 bridgehead atoms. The fourth-order valence-electron chi connectivity index (χ4n) is 3.99. The molecule has 3 heterocycles. The molecule has 1 saturated heterocycles. The van der Waals surface area contributed by atoms with E-state index >= 15 is 0 Å². The van der Waals surface area contributed by atoms with Gasteiger partial charge in [0.1, 0.15) is 11.6 Å². The van der Waals surface area contributed by atoms with Crippen LogP contribution in [-0.4, -0.2) is 40.7 Å². The third-order valence-corrected chi connectivity index (χ3v) is 6.92. The van der Waals surface area contributed by atoms with Gasteiger partial charge in [0.2, 0.25) is 16.0 Å². The van der Waals surface area contributed by atoms with Gasteiger partial charge in [-0.15, -0.1) is 5.10 Å². The fourth-order valence-corrected chi connectivity index (χ4v) is 4.92. The smallest absolute Gasteiger partial charge is 0.223 e. The summed E-state index contributed by atoms with van der Waals surface area (Å²) in [6, 6.07) is 14.0. The van der Waals surface area contributed by atoms with Gasteiger partial charge in [-0.25, -0.2) is 13.9 Å². The molecule has 1 N–H and O–H groups in total. The van der Waals surface area contributed by atoms with Crippen LogP contribution in [0.25, 0.3) is 16.2 Å². The molecular formula is C24H24FN5O2S. The average Bonchev–Trinajstić information content (AvgIpc) is 3.43. The van der Waals surface area contributed by atoms with E-state index in [1.165, 1.54) is 23.5 Å². The maximum atomic E-state index is 13.2. The van der Waals surface area contributed by atoms with Crippen molar-refractivity contribution >= 4 is 27.3 Å². The number of nitrogens with zero attached hydrogens (tertiary/aromatic N) is 4. The molecule has 9 heteroatoms. The lowest BCUT2D eigenvalue weighted by molar-refractivity contribution is -0.125. The third kappa shape index (κ3) is 4.68. The number of halogens is 1. The predicted molar refractivity (Wildman–Crippen MR) is 126 cm³/mol. The Balaban J connectivity index is 1.16. The summed E-state index contributed by atoms with van der Waals surface area (Å²) in [4.78, 5) is 20.3. The van der Waals surface area contributed by atoms with E-state index in [0.29, 0.717) is 6.54 Å². The molecule has 4 aromatic rings. The SMILES string of the molecule is COc1ccc(CNC(=O)C2CCN(c3nn4cc(-c5ccc(F)cc5)nc4s3)CC2)cc1. The van der Waals surface area contributed by atoms with Crippen molar-refractivity contribution in [3.8, 4) is 17.0 Å². The molecule has 170 valence electrons. The second kappa shape index (κ2) is 9.19. The van der Waals surface area contributed by atoms with Crippen LogP contribution in [0.2, 0.25) is 0 Å². The van der Waals surface area contributed by atoms with Gasteiger partial charge in [-0.2, -0.15) is 0 Å². The van der Waals surface area contributed by atoms with Gasteiger partial charge in [0, 0.05) is 31.1 Å². The minimum Gasteiger partial charge on any atom is -0.497 e. The van der Waals surface area contributed by atoms with Gasteiger partial charge >= 0.3 is 0 Å². The number of nitrogens with one attached hydrogen (secondary N) is 1. The Kier molecular flexibility index (Phi) is 5.95. The van der Waals surface area contributed by atoms with Crippen LogP contribution < -0.4 is 15.0 Å². The molecule has 0 saturated carbocycles. The minimum absolute atomic E-state index is 0.00798. The Bertz CT molecular complexity index is 1210. The molecule has 0 aliphatic carbocycles. The quantitative estimate of drug-likeness (QED) is 0.464. The normalized spacial score (nSPS) is 14.5. The second-order valence-electron chi connectivity index (χ2n) is 8.07. The molecule has 0 unspecified atom stereocenters. The number of rotatable bonds is 6. The van der Waals surface area contributed by atoms with E-state index in [1.54, 1.807) is 23.8 Å². The van der Waals surface area contributed by atoms with Crippen molar-refractivity contribution < 1.29 is 13.9 Å². The molecule has 0 radical (unpaired) electrons. The Morgan fingerprint density at radius 1 is 1.15 bits per heavy atom. The molecule has 0 atom stereocenters. The van der Waals surface area contributed by atoms with Crippen LogP contribution in [0, 0.1) is 11.7 Å². The Morgan fingerprint density at radius 2 is 1.88 bits per heavy atom. The van der Waals surface area contributed by atoms with Crippen LogP contribution in [0.1, 0.15) is 18.4 Å². The number of ether oxygens (including phenoxy) is 1. The molecule has 5 rings (SSSR count). The summed E-state index contributed by atoms with van der Waals surface area (Å²) in [5.74, 6) is 0.647. The van der Waals surface area contributed by atoms with Crippen molar-refractivity contribution in [1.82, 2.24) is 19.9 Å². The van der Waals surface area contributed by atoms with E-state index in [4.69, 9.17) is 4.74 Å². The van der Waals surface area contributed by atoms with Gasteiger partial charge in [0.15, 0.2) is 0 Å². The number of anilines is 1. The fraction of sp³-hybridized carbons (Fsp3) is 0.292. The summed E-state index contributed by atoms with van der Waals surface area (Å²) in [6.07, 6.45) is 3.44. The second-order valence-corrected chi connectivity index (χ2v) is 9.01. The van der Waals surface area contributed by atoms with Crippen LogP contribution in [-0.2, 0) is 11.3 Å². The first-order chi connectivity index (χ1) is 16.1. The number of hydrogen-bond donors (Lipinski definition) is 1. The number of piperidine rings is 1. The molecule has 2 aromatic heterocycles. The zero-order valence-corrected chi connectivity index (χ0v) is 19.0. The number of imidazole rings is 1. The van der Waals surface area contributed by atoms with Crippen LogP contribution in [0.3, 0.4) is 0 Å². The van der Waals surface area contributed by atoms with Crippen LogP contribution in [0.5, 0.6) is 5.75 Å². The summed E-state index contributed by atoms with van der Waals surface area (Å²) in [6.45, 7) is 2.08. The molecule has 33 heavy (non-hydrogen) atoms. The highest BCUT2D eigenvalue weighted by Crippen LogP contribution is 2.29. The molecule has 7 nitrogen and oxygen atoms in total. The van der Waals surface area contributed by atoms with Gasteiger partial charge in [-0.1, -0.05) is 23.5 Å². The first kappa shape index (κ1) is 21.4. The first-order valence-corrected chi connectivity index (χ1v) is 11.7. The zero-order chi connectivity index (χ0) is 22.8. The number of benzene rings is 2. The van der Waals surface area contributed by atoms with Gasteiger partial charge < -0.3 is 15.0 Å². The topological polar surface area (TPSA) is 71.8 Å². The van der Waals surface area contributed by atoms with Crippen molar-refractivity contribution in [2.75, 3.05) is 25.1 Å². The highest BCUT2D eigenvalue weighted by Gasteiger charge is 2.26. The standard InChI is InChI=1S/C24H24FN5O2S/c1-32-20-8-2-16(3-9-20)14-26-22(31)18-10-12-29(13-11-18)24-28-30-15-21(27-23(30)33-24)17-4-6-19(25)7-5-17/h2-9,15,18H,10-14H2,1H3,(H,26,31). The van der Waals surface area contributed by atoms with Gasteiger partial charge in [0.05, 0.1) is 19.0 Å². The van der Waals surface area contributed by atoms with E-state index in [-0.39, 0.29) is 17.6 Å². The summed E-state index contributed by atoms with van der Waals surface area (Å²) < 4.78 is 20.1. The van der Waals surface area contributed by atoms with Crippen LogP contribution in [0.4, 0.5) is 9.52 Å². The van der Waals surface area contributed by atoms with E-state index in [1.807, 2.05) is 30.5 Å². The van der Waals surface area contributed by atoms with Gasteiger partial charge in [0.25, 0.3) is 0 Å². The Hall–Kier alpha value is -3.46. The molecule has 1 aliphatic heterocycles. The highest BCUT2D eigenvalue weighted by atomic mass is 32.1. The largest absolute Gasteiger partial charge is 0.497 e. The van der Waals surface area contributed by atoms with E-state index < -0.39 is 0 Å². The lowest BCUT2D eigenvalue weighted by atomic mass is 9.96. The van der Waals surface area contributed by atoms with Crippen LogP contribution >= 0.6 is 11.3 Å². The first-order valence-electron chi connectivity index (χ1n) is 10.9. The minimum atomic E-state index is -0.266. The number of aromatic nitrogens is 3. The predicted octanol–water partition coefficient (Wildman–Crippen LogP) is 4.14. The highest BCUT2D eigenvalue weighted by molar-refractivity contribution is 7.20. The number of carbonyl (C=O) groups excluding carboxylic acids is 1. The van der Waals surface area contributed by atoms with E-state index in [0.717, 1.165) is 58.6 Å². The average molecular weight is 466 g/mol. The summed E-state index contributed by atoms with van der Waals surface area (Å²) >= 11 is 1.52.